The Morgan fingerprint density at radius 2 is 2.08 bits per heavy atom. The van der Waals surface area contributed by atoms with Gasteiger partial charge in [0.05, 0.1) is 11.1 Å². The van der Waals surface area contributed by atoms with E-state index < -0.39 is 11.2 Å². The van der Waals surface area contributed by atoms with Gasteiger partial charge in [-0.3, -0.25) is 14.2 Å². The molecule has 3 aromatic rings. The summed E-state index contributed by atoms with van der Waals surface area (Å²) < 4.78 is 1.55. The zero-order valence-electron chi connectivity index (χ0n) is 13.6. The molecule has 4 rings (SSSR count). The first kappa shape index (κ1) is 16.4. The molecule has 128 valence electrons. The number of para-hydroxylation sites is 1. The number of benzene rings is 1. The molecule has 1 aromatic carbocycles. The summed E-state index contributed by atoms with van der Waals surface area (Å²) in [5.74, 6) is -0.923. The number of fused-ring (bicyclic) bond motifs is 3. The fourth-order valence-corrected chi connectivity index (χ4v) is 5.28. The fourth-order valence-electron chi connectivity index (χ4n) is 3.12. The Bertz CT molecular complexity index is 1020. The number of hydrogen-bond donors (Lipinski definition) is 1. The lowest BCUT2D eigenvalue weighted by Gasteiger charge is -2.14. The van der Waals surface area contributed by atoms with Gasteiger partial charge < -0.3 is 5.11 Å². The maximum Gasteiger partial charge on any atom is 0.316 e. The number of nitrogens with zero attached hydrogens (tertiary/aromatic N) is 2. The number of thiophene rings is 1. The number of aromatic nitrogens is 2. The summed E-state index contributed by atoms with van der Waals surface area (Å²) in [6.07, 6.45) is 2.99. The maximum atomic E-state index is 13.3. The van der Waals surface area contributed by atoms with Crippen molar-refractivity contribution < 1.29 is 9.90 Å². The Kier molecular flexibility index (Phi) is 4.13. The molecule has 1 N–H and O–H groups in total. The van der Waals surface area contributed by atoms with Crippen molar-refractivity contribution in [3.63, 3.8) is 0 Å². The van der Waals surface area contributed by atoms with Crippen LogP contribution in [-0.2, 0) is 17.6 Å². The summed E-state index contributed by atoms with van der Waals surface area (Å²) in [5.41, 5.74) is 1.74. The number of thioether (sulfide) groups is 1. The van der Waals surface area contributed by atoms with Crippen LogP contribution in [0.3, 0.4) is 0 Å². The lowest BCUT2D eigenvalue weighted by Crippen LogP contribution is -2.23. The lowest BCUT2D eigenvalue weighted by atomic mass is 10.2. The molecule has 25 heavy (non-hydrogen) atoms. The molecule has 0 aliphatic heterocycles. The molecule has 5 nitrogen and oxygen atoms in total. The highest BCUT2D eigenvalue weighted by molar-refractivity contribution is 8.00. The zero-order chi connectivity index (χ0) is 17.6. The van der Waals surface area contributed by atoms with Gasteiger partial charge in [0.1, 0.15) is 10.1 Å². The van der Waals surface area contributed by atoms with E-state index in [0.29, 0.717) is 16.2 Å². The van der Waals surface area contributed by atoms with E-state index in [0.717, 1.165) is 41.4 Å². The third kappa shape index (κ3) is 2.77. The second kappa shape index (κ2) is 6.31. The van der Waals surface area contributed by atoms with Gasteiger partial charge in [0, 0.05) is 4.88 Å². The monoisotopic (exact) mass is 372 g/mol. The van der Waals surface area contributed by atoms with E-state index in [1.807, 2.05) is 30.3 Å². The van der Waals surface area contributed by atoms with E-state index in [4.69, 9.17) is 0 Å². The number of aliphatic carboxylic acids is 1. The molecule has 0 radical (unpaired) electrons. The van der Waals surface area contributed by atoms with Crippen molar-refractivity contribution in [1.29, 1.82) is 0 Å². The van der Waals surface area contributed by atoms with Gasteiger partial charge >= 0.3 is 5.97 Å². The van der Waals surface area contributed by atoms with Crippen LogP contribution in [0.4, 0.5) is 0 Å². The number of aryl methyl sites for hydroxylation is 2. The van der Waals surface area contributed by atoms with Gasteiger partial charge in [0.15, 0.2) is 5.16 Å². The first-order chi connectivity index (χ1) is 12.1. The van der Waals surface area contributed by atoms with Crippen molar-refractivity contribution >= 4 is 39.3 Å². The molecule has 0 amide bonds. The molecule has 0 fully saturated rings. The average Bonchev–Trinajstić information content (AvgIpc) is 3.16. The summed E-state index contributed by atoms with van der Waals surface area (Å²) in [6, 6.07) is 9.29. The topological polar surface area (TPSA) is 72.2 Å². The van der Waals surface area contributed by atoms with Crippen LogP contribution in [0.15, 0.2) is 40.3 Å². The Morgan fingerprint density at radius 1 is 1.32 bits per heavy atom. The van der Waals surface area contributed by atoms with Gasteiger partial charge in [0.2, 0.25) is 0 Å². The molecule has 0 saturated heterocycles. The molecule has 0 saturated carbocycles. The van der Waals surface area contributed by atoms with Crippen LogP contribution in [0.5, 0.6) is 0 Å². The predicted molar refractivity (Wildman–Crippen MR) is 100 cm³/mol. The van der Waals surface area contributed by atoms with Crippen LogP contribution in [-0.4, -0.2) is 25.9 Å². The molecule has 1 aliphatic rings. The van der Waals surface area contributed by atoms with E-state index in [2.05, 4.69) is 4.98 Å². The fraction of sp³-hybridized carbons (Fsp3) is 0.278. The van der Waals surface area contributed by atoms with E-state index in [9.17, 15) is 14.7 Å². The lowest BCUT2D eigenvalue weighted by molar-refractivity contribution is -0.136. The van der Waals surface area contributed by atoms with Crippen molar-refractivity contribution in [3.8, 4) is 5.69 Å². The molecule has 7 heteroatoms. The first-order valence-electron chi connectivity index (χ1n) is 8.08. The Hall–Kier alpha value is -2.12. The number of rotatable bonds is 4. The molecule has 0 bridgehead atoms. The molecular formula is C18H16N2O3S2. The van der Waals surface area contributed by atoms with E-state index in [1.54, 1.807) is 22.8 Å². The van der Waals surface area contributed by atoms with E-state index in [1.165, 1.54) is 4.88 Å². The minimum Gasteiger partial charge on any atom is -0.480 e. The zero-order valence-corrected chi connectivity index (χ0v) is 15.2. The van der Waals surface area contributed by atoms with Gasteiger partial charge in [0.25, 0.3) is 5.56 Å². The Morgan fingerprint density at radius 3 is 2.80 bits per heavy atom. The van der Waals surface area contributed by atoms with Gasteiger partial charge in [-0.2, -0.15) is 0 Å². The molecule has 1 atom stereocenters. The van der Waals surface area contributed by atoms with Gasteiger partial charge in [-0.25, -0.2) is 4.98 Å². The molecule has 2 aromatic heterocycles. The van der Waals surface area contributed by atoms with Crippen LogP contribution >= 0.6 is 23.1 Å². The summed E-state index contributed by atoms with van der Waals surface area (Å²) in [7, 11) is 0. The molecule has 0 spiro atoms. The molecule has 1 unspecified atom stereocenters. The van der Waals surface area contributed by atoms with Gasteiger partial charge in [-0.1, -0.05) is 30.0 Å². The summed E-state index contributed by atoms with van der Waals surface area (Å²) in [6.45, 7) is 1.60. The largest absolute Gasteiger partial charge is 0.480 e. The Balaban J connectivity index is 1.99. The van der Waals surface area contributed by atoms with Crippen LogP contribution in [0.1, 0.15) is 23.8 Å². The van der Waals surface area contributed by atoms with Gasteiger partial charge in [-0.15, -0.1) is 11.3 Å². The number of hydrogen-bond acceptors (Lipinski definition) is 5. The first-order valence-corrected chi connectivity index (χ1v) is 9.78. The Labute approximate surface area is 152 Å². The van der Waals surface area contributed by atoms with Crippen molar-refractivity contribution in [3.05, 3.63) is 51.1 Å². The summed E-state index contributed by atoms with van der Waals surface area (Å²) >= 11 is 2.67. The summed E-state index contributed by atoms with van der Waals surface area (Å²) in [4.78, 5) is 31.2. The SMILES string of the molecule is CC(Sc1nc2sc3c(c2c(=O)n1-c1ccccc1)CCC3)C(=O)O. The van der Waals surface area contributed by atoms with Crippen LogP contribution < -0.4 is 5.56 Å². The van der Waals surface area contributed by atoms with E-state index in [-0.39, 0.29) is 5.56 Å². The molecular weight excluding hydrogens is 356 g/mol. The quantitative estimate of drug-likeness (QED) is 0.561. The van der Waals surface area contributed by atoms with Crippen molar-refractivity contribution in [2.45, 2.75) is 36.6 Å². The number of carboxylic acids is 1. The molecule has 2 heterocycles. The van der Waals surface area contributed by atoms with Crippen LogP contribution in [0.2, 0.25) is 0 Å². The number of carboxylic acid groups (broad SMARTS) is 1. The van der Waals surface area contributed by atoms with Crippen molar-refractivity contribution in [1.82, 2.24) is 9.55 Å². The normalized spacial score (nSPS) is 14.6. The standard InChI is InChI=1S/C18H16N2O3S2/c1-10(17(22)23)24-18-19-15-14(12-8-5-9-13(12)25-15)16(21)20(18)11-6-3-2-4-7-11/h2-4,6-7,10H,5,8-9H2,1H3,(H,22,23). The van der Waals surface area contributed by atoms with Crippen molar-refractivity contribution in [2.24, 2.45) is 0 Å². The average molecular weight is 372 g/mol. The minimum atomic E-state index is -0.923. The smallest absolute Gasteiger partial charge is 0.316 e. The number of carbonyl (C=O) groups is 1. The van der Waals surface area contributed by atoms with Gasteiger partial charge in [-0.05, 0) is 43.9 Å². The van der Waals surface area contributed by atoms with Crippen molar-refractivity contribution in [2.75, 3.05) is 0 Å². The highest BCUT2D eigenvalue weighted by atomic mass is 32.2. The third-order valence-corrected chi connectivity index (χ3v) is 6.58. The highest BCUT2D eigenvalue weighted by Crippen LogP contribution is 2.36. The van der Waals surface area contributed by atoms with E-state index >= 15 is 0 Å². The molecule has 1 aliphatic carbocycles. The third-order valence-electron chi connectivity index (χ3n) is 4.35. The second-order valence-corrected chi connectivity index (χ2v) is 8.40. The maximum absolute atomic E-state index is 13.3. The van der Waals surface area contributed by atoms with Crippen LogP contribution in [0.25, 0.3) is 15.9 Å². The second-order valence-electron chi connectivity index (χ2n) is 6.01. The highest BCUT2D eigenvalue weighted by Gasteiger charge is 2.25. The predicted octanol–water partition coefficient (Wildman–Crippen LogP) is 3.50. The minimum absolute atomic E-state index is 0.101. The van der Waals surface area contributed by atoms with Crippen LogP contribution in [0, 0.1) is 0 Å². The summed E-state index contributed by atoms with van der Waals surface area (Å²) in [5, 5.41) is 9.69.